The number of nitrogens with zero attached hydrogens (tertiary/aromatic N) is 4. The lowest BCUT2D eigenvalue weighted by Crippen LogP contribution is -2.21. The number of aromatic nitrogens is 4. The fraction of sp³-hybridized carbons (Fsp3) is 0.300. The molecule has 0 atom stereocenters. The molecule has 164 valence electrons. The largest absolute Gasteiger partial charge is 0.489 e. The molecule has 0 aliphatic rings. The molecule has 8 nitrogen and oxygen atoms in total. The average molecular weight is 435 g/mol. The van der Waals surface area contributed by atoms with Crippen LogP contribution in [0.25, 0.3) is 11.4 Å². The summed E-state index contributed by atoms with van der Waals surface area (Å²) in [5, 5.41) is 14.3. The third kappa shape index (κ3) is 6.01. The van der Waals surface area contributed by atoms with E-state index >= 15 is 0 Å². The van der Waals surface area contributed by atoms with Gasteiger partial charge in [-0.05, 0) is 30.3 Å². The standard InChI is InChI=1S/C20H20F3N5O3/c1-13-3-5-14(6-4-13)19-25-27-28(26-19)12-18(29)24-16-11-15(20(21,22)23)7-8-17(16)31-10-9-30-2/h3-8,11H,9-10,12H2,1-2H3,(H,24,29). The smallest absolute Gasteiger partial charge is 0.416 e. The minimum absolute atomic E-state index is 0.0882. The normalized spacial score (nSPS) is 11.4. The maximum atomic E-state index is 13.1. The Hall–Kier alpha value is -3.47. The van der Waals surface area contributed by atoms with Crippen LogP contribution in [0.1, 0.15) is 11.1 Å². The first kappa shape index (κ1) is 22.2. The quantitative estimate of drug-likeness (QED) is 0.546. The zero-order chi connectivity index (χ0) is 22.4. The fourth-order valence-corrected chi connectivity index (χ4v) is 2.61. The Balaban J connectivity index is 1.73. The van der Waals surface area contributed by atoms with Crippen molar-refractivity contribution in [3.63, 3.8) is 0 Å². The lowest BCUT2D eigenvalue weighted by atomic mass is 10.1. The summed E-state index contributed by atoms with van der Waals surface area (Å²) in [4.78, 5) is 13.5. The van der Waals surface area contributed by atoms with Crippen molar-refractivity contribution in [2.75, 3.05) is 25.6 Å². The Morgan fingerprint density at radius 1 is 1.13 bits per heavy atom. The molecule has 3 aromatic rings. The van der Waals surface area contributed by atoms with Gasteiger partial charge in [0.05, 0.1) is 17.9 Å². The zero-order valence-corrected chi connectivity index (χ0v) is 16.8. The molecular formula is C20H20F3N5O3. The molecule has 11 heteroatoms. The van der Waals surface area contributed by atoms with Gasteiger partial charge < -0.3 is 14.8 Å². The monoisotopic (exact) mass is 435 g/mol. The first-order valence-electron chi connectivity index (χ1n) is 9.24. The van der Waals surface area contributed by atoms with Gasteiger partial charge in [0.2, 0.25) is 11.7 Å². The number of benzene rings is 2. The van der Waals surface area contributed by atoms with Gasteiger partial charge in [0.15, 0.2) is 0 Å². The van der Waals surface area contributed by atoms with Crippen molar-refractivity contribution in [1.29, 1.82) is 0 Å². The Morgan fingerprint density at radius 3 is 2.55 bits per heavy atom. The maximum Gasteiger partial charge on any atom is 0.416 e. The number of anilines is 1. The molecule has 0 fully saturated rings. The van der Waals surface area contributed by atoms with Crippen molar-refractivity contribution in [3.05, 3.63) is 53.6 Å². The van der Waals surface area contributed by atoms with Gasteiger partial charge in [-0.15, -0.1) is 10.2 Å². The molecule has 1 aromatic heterocycles. The summed E-state index contributed by atoms with van der Waals surface area (Å²) in [6.07, 6.45) is -4.57. The molecule has 3 rings (SSSR count). The Labute approximate surface area is 176 Å². The number of alkyl halides is 3. The lowest BCUT2D eigenvalue weighted by molar-refractivity contribution is -0.137. The van der Waals surface area contributed by atoms with Crippen LogP contribution >= 0.6 is 0 Å². The molecule has 1 amide bonds. The van der Waals surface area contributed by atoms with E-state index in [9.17, 15) is 18.0 Å². The van der Waals surface area contributed by atoms with Crippen LogP contribution in [0.5, 0.6) is 5.75 Å². The van der Waals surface area contributed by atoms with E-state index in [4.69, 9.17) is 9.47 Å². The Morgan fingerprint density at radius 2 is 1.87 bits per heavy atom. The number of nitrogens with one attached hydrogen (secondary N) is 1. The topological polar surface area (TPSA) is 91.2 Å². The molecule has 0 unspecified atom stereocenters. The number of ether oxygens (including phenoxy) is 2. The fourth-order valence-electron chi connectivity index (χ4n) is 2.61. The van der Waals surface area contributed by atoms with E-state index in [1.807, 2.05) is 31.2 Å². The van der Waals surface area contributed by atoms with Gasteiger partial charge in [-0.3, -0.25) is 4.79 Å². The van der Waals surface area contributed by atoms with E-state index in [-0.39, 0.29) is 31.2 Å². The Bertz CT molecular complexity index is 1040. The summed E-state index contributed by atoms with van der Waals surface area (Å²) in [7, 11) is 1.47. The van der Waals surface area contributed by atoms with Crippen molar-refractivity contribution in [3.8, 4) is 17.1 Å². The molecule has 31 heavy (non-hydrogen) atoms. The first-order chi connectivity index (χ1) is 14.8. The third-order valence-electron chi connectivity index (χ3n) is 4.17. The molecule has 0 spiro atoms. The number of methoxy groups -OCH3 is 1. The number of halogens is 3. The molecule has 0 saturated heterocycles. The summed E-state index contributed by atoms with van der Waals surface area (Å²) < 4.78 is 49.5. The Kier molecular flexibility index (Phi) is 6.85. The molecular weight excluding hydrogens is 415 g/mol. The van der Waals surface area contributed by atoms with Crippen LogP contribution in [0.4, 0.5) is 18.9 Å². The molecule has 0 saturated carbocycles. The van der Waals surface area contributed by atoms with Gasteiger partial charge in [-0.1, -0.05) is 29.8 Å². The lowest BCUT2D eigenvalue weighted by Gasteiger charge is -2.15. The predicted molar refractivity (Wildman–Crippen MR) is 105 cm³/mol. The summed E-state index contributed by atoms with van der Waals surface area (Å²) in [5.41, 5.74) is 0.765. The van der Waals surface area contributed by atoms with E-state index in [0.717, 1.165) is 34.1 Å². The molecule has 0 aliphatic heterocycles. The van der Waals surface area contributed by atoms with E-state index in [1.54, 1.807) is 0 Å². The third-order valence-corrected chi connectivity index (χ3v) is 4.17. The summed E-state index contributed by atoms with van der Waals surface area (Å²) in [5.74, 6) is -0.218. The predicted octanol–water partition coefficient (Wildman–Crippen LogP) is 3.33. The van der Waals surface area contributed by atoms with Crippen molar-refractivity contribution < 1.29 is 27.4 Å². The maximum absolute atomic E-state index is 13.1. The van der Waals surface area contributed by atoms with Gasteiger partial charge in [0.25, 0.3) is 0 Å². The van der Waals surface area contributed by atoms with Crippen LogP contribution in [0.15, 0.2) is 42.5 Å². The summed E-state index contributed by atoms with van der Waals surface area (Å²) >= 11 is 0. The minimum Gasteiger partial charge on any atom is -0.489 e. The number of hydrogen-bond acceptors (Lipinski definition) is 6. The number of carbonyl (C=O) groups excluding carboxylic acids is 1. The summed E-state index contributed by atoms with van der Waals surface area (Å²) in [6, 6.07) is 10.3. The second kappa shape index (κ2) is 9.56. The average Bonchev–Trinajstić information content (AvgIpc) is 3.17. The van der Waals surface area contributed by atoms with Crippen LogP contribution in [0, 0.1) is 6.92 Å². The first-order valence-corrected chi connectivity index (χ1v) is 9.24. The number of rotatable bonds is 8. The van der Waals surface area contributed by atoms with Crippen LogP contribution in [-0.2, 0) is 22.3 Å². The highest BCUT2D eigenvalue weighted by Gasteiger charge is 2.31. The van der Waals surface area contributed by atoms with Crippen molar-refractivity contribution in [2.45, 2.75) is 19.6 Å². The van der Waals surface area contributed by atoms with Crippen molar-refractivity contribution in [2.24, 2.45) is 0 Å². The van der Waals surface area contributed by atoms with Crippen LogP contribution in [0.2, 0.25) is 0 Å². The second-order valence-corrected chi connectivity index (χ2v) is 6.61. The highest BCUT2D eigenvalue weighted by atomic mass is 19.4. The molecule has 0 aliphatic carbocycles. The minimum atomic E-state index is -4.57. The number of amides is 1. The second-order valence-electron chi connectivity index (χ2n) is 6.61. The van der Waals surface area contributed by atoms with E-state index < -0.39 is 17.6 Å². The van der Waals surface area contributed by atoms with Gasteiger partial charge in [-0.25, -0.2) is 0 Å². The van der Waals surface area contributed by atoms with E-state index in [0.29, 0.717) is 5.82 Å². The molecule has 1 heterocycles. The number of tetrazole rings is 1. The SMILES string of the molecule is COCCOc1ccc(C(F)(F)F)cc1NC(=O)Cn1nnc(-c2ccc(C)cc2)n1. The van der Waals surface area contributed by atoms with Crippen LogP contribution < -0.4 is 10.1 Å². The van der Waals surface area contributed by atoms with E-state index in [1.165, 1.54) is 7.11 Å². The highest BCUT2D eigenvalue weighted by Crippen LogP contribution is 2.35. The van der Waals surface area contributed by atoms with Crippen molar-refractivity contribution >= 4 is 11.6 Å². The number of hydrogen-bond donors (Lipinski definition) is 1. The molecule has 0 radical (unpaired) electrons. The van der Waals surface area contributed by atoms with E-state index in [2.05, 4.69) is 20.7 Å². The highest BCUT2D eigenvalue weighted by molar-refractivity contribution is 5.92. The zero-order valence-electron chi connectivity index (χ0n) is 16.8. The summed E-state index contributed by atoms with van der Waals surface area (Å²) in [6.45, 7) is 1.94. The van der Waals surface area contributed by atoms with Gasteiger partial charge in [-0.2, -0.15) is 18.0 Å². The molecule has 0 bridgehead atoms. The van der Waals surface area contributed by atoms with Crippen LogP contribution in [-0.4, -0.2) is 46.4 Å². The van der Waals surface area contributed by atoms with Crippen molar-refractivity contribution in [1.82, 2.24) is 20.2 Å². The van der Waals surface area contributed by atoms with Gasteiger partial charge in [0.1, 0.15) is 18.9 Å². The van der Waals surface area contributed by atoms with Gasteiger partial charge >= 0.3 is 6.18 Å². The molecule has 1 N–H and O–H groups in total. The van der Waals surface area contributed by atoms with Gasteiger partial charge in [0, 0.05) is 12.7 Å². The number of aryl methyl sites for hydroxylation is 1. The van der Waals surface area contributed by atoms with Crippen LogP contribution in [0.3, 0.4) is 0 Å². The number of carbonyl (C=O) groups is 1. The molecule has 2 aromatic carbocycles.